The molecule has 0 saturated heterocycles. The molecule has 1 aliphatic rings. The van der Waals surface area contributed by atoms with Crippen LogP contribution in [0.3, 0.4) is 0 Å². The SMILES string of the molecule is CCCCNc1ncc2c(Nc3ccc(F)cc3)nn(CC3CCC(NC(=O)OC(C)(C)C)CC3)c2n1. The third-order valence-corrected chi connectivity index (χ3v) is 6.41. The first kappa shape index (κ1) is 26.6. The van der Waals surface area contributed by atoms with Crippen molar-refractivity contribution in [1.29, 1.82) is 0 Å². The third-order valence-electron chi connectivity index (χ3n) is 6.41. The van der Waals surface area contributed by atoms with E-state index in [1.165, 1.54) is 12.1 Å². The summed E-state index contributed by atoms with van der Waals surface area (Å²) in [5, 5.41) is 15.2. The fourth-order valence-corrected chi connectivity index (χ4v) is 4.52. The van der Waals surface area contributed by atoms with E-state index in [1.54, 1.807) is 18.3 Å². The van der Waals surface area contributed by atoms with Crippen molar-refractivity contribution in [3.8, 4) is 0 Å². The van der Waals surface area contributed by atoms with Gasteiger partial charge in [-0.15, -0.1) is 0 Å². The number of hydrogen-bond donors (Lipinski definition) is 3. The lowest BCUT2D eigenvalue weighted by molar-refractivity contribution is 0.0486. The Hall–Kier alpha value is -3.43. The predicted molar refractivity (Wildman–Crippen MR) is 144 cm³/mol. The number of unbranched alkanes of at least 4 members (excludes halogenated alkanes) is 1. The standard InChI is InChI=1S/C27H38FN7O2/c1-5-6-15-29-25-30-16-22-23(31-20-13-9-19(28)10-14-20)34-35(24(22)33-25)17-18-7-11-21(12-8-18)32-26(36)37-27(2,3)4/h9-10,13-14,16,18,21H,5-8,11-12,15,17H2,1-4H3,(H,31,34)(H,32,36)(H,29,30,33). The second kappa shape index (κ2) is 11.7. The summed E-state index contributed by atoms with van der Waals surface area (Å²) in [7, 11) is 0. The van der Waals surface area contributed by atoms with Crippen molar-refractivity contribution in [3.63, 3.8) is 0 Å². The molecular formula is C27H38FN7O2. The lowest BCUT2D eigenvalue weighted by Crippen LogP contribution is -2.41. The van der Waals surface area contributed by atoms with Gasteiger partial charge in [-0.05, 0) is 83.1 Å². The normalized spacial score (nSPS) is 18.0. The number of amides is 1. The first-order chi connectivity index (χ1) is 17.7. The van der Waals surface area contributed by atoms with Gasteiger partial charge in [-0.2, -0.15) is 10.1 Å². The highest BCUT2D eigenvalue weighted by molar-refractivity contribution is 5.89. The van der Waals surface area contributed by atoms with E-state index in [1.807, 2.05) is 25.5 Å². The molecule has 0 atom stereocenters. The van der Waals surface area contributed by atoms with Gasteiger partial charge >= 0.3 is 6.09 Å². The molecule has 1 saturated carbocycles. The number of nitrogens with zero attached hydrogens (tertiary/aromatic N) is 4. The number of rotatable bonds is 9. The molecule has 0 spiro atoms. The summed E-state index contributed by atoms with van der Waals surface area (Å²) in [6.45, 7) is 9.27. The molecule has 4 rings (SSSR count). The molecule has 1 fully saturated rings. The fourth-order valence-electron chi connectivity index (χ4n) is 4.52. The summed E-state index contributed by atoms with van der Waals surface area (Å²) >= 11 is 0. The van der Waals surface area contributed by atoms with E-state index < -0.39 is 5.60 Å². The fraction of sp³-hybridized carbons (Fsp3) is 0.556. The van der Waals surface area contributed by atoms with Crippen LogP contribution in [0.4, 0.5) is 26.6 Å². The first-order valence-electron chi connectivity index (χ1n) is 13.2. The Morgan fingerprint density at radius 3 is 2.57 bits per heavy atom. The molecule has 10 heteroatoms. The van der Waals surface area contributed by atoms with Crippen LogP contribution >= 0.6 is 0 Å². The predicted octanol–water partition coefficient (Wildman–Crippen LogP) is 6.00. The Kier molecular flexibility index (Phi) is 8.45. The number of carbonyl (C=O) groups excluding carboxylic acids is 1. The monoisotopic (exact) mass is 511 g/mol. The maximum absolute atomic E-state index is 13.4. The number of fused-ring (bicyclic) bond motifs is 1. The van der Waals surface area contributed by atoms with Gasteiger partial charge < -0.3 is 20.7 Å². The van der Waals surface area contributed by atoms with Crippen LogP contribution in [0.1, 0.15) is 66.2 Å². The molecule has 2 aromatic heterocycles. The number of anilines is 3. The minimum absolute atomic E-state index is 0.118. The van der Waals surface area contributed by atoms with Crippen LogP contribution in [0.25, 0.3) is 11.0 Å². The van der Waals surface area contributed by atoms with Crippen molar-refractivity contribution in [2.75, 3.05) is 17.2 Å². The summed E-state index contributed by atoms with van der Waals surface area (Å²) < 4.78 is 20.7. The van der Waals surface area contributed by atoms with E-state index in [0.29, 0.717) is 24.2 Å². The van der Waals surface area contributed by atoms with E-state index in [2.05, 4.69) is 27.9 Å². The molecule has 3 aromatic rings. The smallest absolute Gasteiger partial charge is 0.407 e. The van der Waals surface area contributed by atoms with E-state index in [9.17, 15) is 9.18 Å². The maximum atomic E-state index is 13.4. The molecule has 200 valence electrons. The van der Waals surface area contributed by atoms with Crippen LogP contribution in [-0.2, 0) is 11.3 Å². The highest BCUT2D eigenvalue weighted by atomic mass is 19.1. The van der Waals surface area contributed by atoms with Crippen LogP contribution in [0.2, 0.25) is 0 Å². The Labute approximate surface area is 217 Å². The third kappa shape index (κ3) is 7.53. The van der Waals surface area contributed by atoms with E-state index in [0.717, 1.165) is 61.8 Å². The summed E-state index contributed by atoms with van der Waals surface area (Å²) in [6.07, 6.45) is 7.28. The largest absolute Gasteiger partial charge is 0.444 e. The van der Waals surface area contributed by atoms with Gasteiger partial charge in [-0.1, -0.05) is 13.3 Å². The topological polar surface area (TPSA) is 106 Å². The van der Waals surface area contributed by atoms with Crippen LogP contribution in [0, 0.1) is 11.7 Å². The van der Waals surface area contributed by atoms with Gasteiger partial charge in [0.05, 0.1) is 5.39 Å². The summed E-state index contributed by atoms with van der Waals surface area (Å²) in [5.74, 6) is 1.34. The zero-order valence-corrected chi connectivity index (χ0v) is 22.2. The summed E-state index contributed by atoms with van der Waals surface area (Å²) in [4.78, 5) is 21.4. The van der Waals surface area contributed by atoms with Crippen molar-refractivity contribution >= 4 is 34.6 Å². The number of aromatic nitrogens is 4. The van der Waals surface area contributed by atoms with Crippen molar-refractivity contribution in [2.45, 2.75) is 84.4 Å². The van der Waals surface area contributed by atoms with Gasteiger partial charge in [0.25, 0.3) is 0 Å². The van der Waals surface area contributed by atoms with Crippen LogP contribution in [-0.4, -0.2) is 44.0 Å². The molecule has 3 N–H and O–H groups in total. The van der Waals surface area contributed by atoms with Crippen LogP contribution in [0.15, 0.2) is 30.5 Å². The molecule has 0 bridgehead atoms. The van der Waals surface area contributed by atoms with Crippen LogP contribution in [0.5, 0.6) is 0 Å². The lowest BCUT2D eigenvalue weighted by atomic mass is 9.86. The average Bonchev–Trinajstić information content (AvgIpc) is 3.17. The molecule has 0 unspecified atom stereocenters. The Morgan fingerprint density at radius 2 is 1.89 bits per heavy atom. The maximum Gasteiger partial charge on any atom is 0.407 e. The van der Waals surface area contributed by atoms with Crippen molar-refractivity contribution < 1.29 is 13.9 Å². The summed E-state index contributed by atoms with van der Waals surface area (Å²) in [5.41, 5.74) is 0.994. The molecule has 9 nitrogen and oxygen atoms in total. The molecular weight excluding hydrogens is 473 g/mol. The van der Waals surface area contributed by atoms with Gasteiger partial charge in [-0.3, -0.25) is 0 Å². The van der Waals surface area contributed by atoms with E-state index >= 15 is 0 Å². The molecule has 1 aliphatic carbocycles. The van der Waals surface area contributed by atoms with E-state index in [4.69, 9.17) is 14.8 Å². The Bertz CT molecular complexity index is 1180. The molecule has 2 heterocycles. The van der Waals surface area contributed by atoms with Gasteiger partial charge in [0.2, 0.25) is 5.95 Å². The molecule has 1 amide bonds. The van der Waals surface area contributed by atoms with Crippen LogP contribution < -0.4 is 16.0 Å². The Morgan fingerprint density at radius 1 is 1.16 bits per heavy atom. The van der Waals surface area contributed by atoms with Crippen molar-refractivity contribution in [3.05, 3.63) is 36.3 Å². The second-order valence-electron chi connectivity index (χ2n) is 10.7. The number of ether oxygens (including phenoxy) is 1. The van der Waals surface area contributed by atoms with Gasteiger partial charge in [-0.25, -0.2) is 18.9 Å². The number of carbonyl (C=O) groups is 1. The highest BCUT2D eigenvalue weighted by Crippen LogP contribution is 2.30. The lowest BCUT2D eigenvalue weighted by Gasteiger charge is -2.30. The zero-order valence-electron chi connectivity index (χ0n) is 22.2. The molecule has 37 heavy (non-hydrogen) atoms. The average molecular weight is 512 g/mol. The quantitative estimate of drug-likeness (QED) is 0.302. The molecule has 0 aliphatic heterocycles. The van der Waals surface area contributed by atoms with Gasteiger partial charge in [0, 0.05) is 31.0 Å². The second-order valence-corrected chi connectivity index (χ2v) is 10.7. The zero-order chi connectivity index (χ0) is 26.4. The van der Waals surface area contributed by atoms with E-state index in [-0.39, 0.29) is 18.0 Å². The Balaban J connectivity index is 1.47. The number of benzene rings is 1. The number of halogens is 1. The number of alkyl carbamates (subject to hydrolysis) is 1. The summed E-state index contributed by atoms with van der Waals surface area (Å²) in [6, 6.07) is 6.31. The molecule has 1 aromatic carbocycles. The van der Waals surface area contributed by atoms with Crippen molar-refractivity contribution in [2.24, 2.45) is 5.92 Å². The van der Waals surface area contributed by atoms with Crippen molar-refractivity contribution in [1.82, 2.24) is 25.1 Å². The minimum Gasteiger partial charge on any atom is -0.444 e. The van der Waals surface area contributed by atoms with Gasteiger partial charge in [0.1, 0.15) is 11.4 Å². The molecule has 0 radical (unpaired) electrons. The van der Waals surface area contributed by atoms with Gasteiger partial charge in [0.15, 0.2) is 11.5 Å². The number of nitrogens with one attached hydrogen (secondary N) is 3. The highest BCUT2D eigenvalue weighted by Gasteiger charge is 2.26. The number of hydrogen-bond acceptors (Lipinski definition) is 7. The minimum atomic E-state index is -0.506. The first-order valence-corrected chi connectivity index (χ1v) is 13.2.